The number of allylic oxidation sites excluding steroid dienone is 1. The number of carbonyl (C=O) groups is 2. The largest absolute Gasteiger partial charge is 0.367 e. The Kier molecular flexibility index (Phi) is 5.33. The lowest BCUT2D eigenvalue weighted by Gasteiger charge is -2.33. The molecule has 0 bridgehead atoms. The second-order valence-electron chi connectivity index (χ2n) is 6.36. The maximum atomic E-state index is 13.0. The number of amides is 3. The molecule has 3 amide bonds. The number of nitrogens with one attached hydrogen (secondary N) is 1. The zero-order valence-corrected chi connectivity index (χ0v) is 13.9. The summed E-state index contributed by atoms with van der Waals surface area (Å²) in [4.78, 5) is 25.1. The van der Waals surface area contributed by atoms with Crippen molar-refractivity contribution in [1.29, 1.82) is 0 Å². The molecule has 3 N–H and O–H groups in total. The van der Waals surface area contributed by atoms with Crippen LogP contribution in [0.25, 0.3) is 5.57 Å². The Morgan fingerprint density at radius 1 is 1.28 bits per heavy atom. The fourth-order valence-electron chi connectivity index (χ4n) is 3.16. The second-order valence-corrected chi connectivity index (χ2v) is 6.36. The fraction of sp³-hybridized carbons (Fsp3) is 0.444. The van der Waals surface area contributed by atoms with Gasteiger partial charge in [0.15, 0.2) is 6.10 Å². The van der Waals surface area contributed by atoms with E-state index < -0.39 is 12.0 Å². The lowest BCUT2D eigenvalue weighted by Crippen LogP contribution is -2.54. The average molecular weight is 347 g/mol. The molecular formula is C18H22FN3O3. The van der Waals surface area contributed by atoms with E-state index in [2.05, 4.69) is 11.4 Å². The summed E-state index contributed by atoms with van der Waals surface area (Å²) in [5.41, 5.74) is 7.43. The van der Waals surface area contributed by atoms with Crippen LogP contribution in [0.15, 0.2) is 30.3 Å². The van der Waals surface area contributed by atoms with Gasteiger partial charge >= 0.3 is 6.03 Å². The molecule has 1 aliphatic heterocycles. The van der Waals surface area contributed by atoms with Gasteiger partial charge in [-0.25, -0.2) is 9.18 Å². The summed E-state index contributed by atoms with van der Waals surface area (Å²) >= 11 is 0. The van der Waals surface area contributed by atoms with E-state index in [-0.39, 0.29) is 24.4 Å². The maximum Gasteiger partial charge on any atom is 0.317 e. The molecule has 2 atom stereocenters. The number of carbonyl (C=O) groups excluding carboxylic acids is 2. The lowest BCUT2D eigenvalue weighted by atomic mass is 9.91. The van der Waals surface area contributed by atoms with Crippen molar-refractivity contribution in [2.45, 2.75) is 31.4 Å². The highest BCUT2D eigenvalue weighted by Gasteiger charge is 2.29. The van der Waals surface area contributed by atoms with Crippen LogP contribution in [0.4, 0.5) is 9.18 Å². The Bertz CT molecular complexity index is 675. The van der Waals surface area contributed by atoms with Crippen LogP contribution in [0, 0.1) is 5.82 Å². The monoisotopic (exact) mass is 347 g/mol. The summed E-state index contributed by atoms with van der Waals surface area (Å²) in [6.07, 6.45) is 3.72. The number of hydrogen-bond acceptors (Lipinski definition) is 3. The molecule has 7 heteroatoms. The highest BCUT2D eigenvalue weighted by Crippen LogP contribution is 2.27. The quantitative estimate of drug-likeness (QED) is 0.872. The van der Waals surface area contributed by atoms with Crippen molar-refractivity contribution in [2.75, 3.05) is 19.7 Å². The van der Waals surface area contributed by atoms with Gasteiger partial charge in [0.25, 0.3) is 0 Å². The third-order valence-electron chi connectivity index (χ3n) is 4.62. The molecule has 1 fully saturated rings. The van der Waals surface area contributed by atoms with Crippen LogP contribution in [-0.2, 0) is 9.53 Å². The summed E-state index contributed by atoms with van der Waals surface area (Å²) in [6.45, 7) is 0.934. The van der Waals surface area contributed by atoms with Gasteiger partial charge in [-0.05, 0) is 42.5 Å². The predicted octanol–water partition coefficient (Wildman–Crippen LogP) is 1.66. The van der Waals surface area contributed by atoms with Crippen molar-refractivity contribution in [3.8, 4) is 0 Å². The van der Waals surface area contributed by atoms with E-state index >= 15 is 0 Å². The molecule has 0 aromatic heterocycles. The first-order valence-corrected chi connectivity index (χ1v) is 8.44. The van der Waals surface area contributed by atoms with Gasteiger partial charge in [0.2, 0.25) is 5.91 Å². The number of ether oxygens (including phenoxy) is 1. The summed E-state index contributed by atoms with van der Waals surface area (Å²) < 4.78 is 18.3. The normalized spacial score (nSPS) is 23.7. The van der Waals surface area contributed by atoms with Gasteiger partial charge < -0.3 is 20.7 Å². The molecule has 1 aromatic rings. The lowest BCUT2D eigenvalue weighted by molar-refractivity contribution is -0.133. The average Bonchev–Trinajstić information content (AvgIpc) is 2.63. The molecule has 1 heterocycles. The van der Waals surface area contributed by atoms with Gasteiger partial charge in [0.1, 0.15) is 5.82 Å². The molecule has 25 heavy (non-hydrogen) atoms. The highest BCUT2D eigenvalue weighted by atomic mass is 19.1. The topological polar surface area (TPSA) is 84.7 Å². The van der Waals surface area contributed by atoms with Gasteiger partial charge in [-0.3, -0.25) is 4.79 Å². The standard InChI is InChI=1S/C18H22FN3O3/c19-14-5-1-12(2-6-14)13-3-7-15(8-4-13)21-18(24)22-9-10-25-16(11-22)17(20)23/h1-3,5-6,15-16H,4,7-11H2,(H2,20,23)(H,21,24). The zero-order chi connectivity index (χ0) is 17.8. The van der Waals surface area contributed by atoms with Crippen LogP contribution in [0.3, 0.4) is 0 Å². The van der Waals surface area contributed by atoms with E-state index in [4.69, 9.17) is 10.5 Å². The van der Waals surface area contributed by atoms with E-state index in [9.17, 15) is 14.0 Å². The number of rotatable bonds is 3. The Morgan fingerprint density at radius 2 is 2.04 bits per heavy atom. The summed E-state index contributed by atoms with van der Waals surface area (Å²) in [5.74, 6) is -0.799. The van der Waals surface area contributed by atoms with Crippen molar-refractivity contribution < 1.29 is 18.7 Å². The molecule has 0 saturated carbocycles. The molecule has 0 radical (unpaired) electrons. The minimum Gasteiger partial charge on any atom is -0.367 e. The van der Waals surface area contributed by atoms with Crippen molar-refractivity contribution in [3.63, 3.8) is 0 Å². The minimum absolute atomic E-state index is 0.0478. The van der Waals surface area contributed by atoms with E-state index in [0.29, 0.717) is 13.2 Å². The van der Waals surface area contributed by atoms with Crippen LogP contribution in [0.2, 0.25) is 0 Å². The fourth-order valence-corrected chi connectivity index (χ4v) is 3.16. The van der Waals surface area contributed by atoms with Gasteiger partial charge in [-0.15, -0.1) is 0 Å². The Hall–Kier alpha value is -2.41. The van der Waals surface area contributed by atoms with Crippen molar-refractivity contribution >= 4 is 17.5 Å². The highest BCUT2D eigenvalue weighted by molar-refractivity contribution is 5.81. The molecule has 1 aliphatic carbocycles. The summed E-state index contributed by atoms with van der Waals surface area (Å²) in [7, 11) is 0. The number of primary amides is 1. The number of morpholine rings is 1. The number of halogens is 1. The third kappa shape index (κ3) is 4.36. The Morgan fingerprint density at radius 3 is 2.68 bits per heavy atom. The Labute approximate surface area is 145 Å². The first-order chi connectivity index (χ1) is 12.0. The predicted molar refractivity (Wildman–Crippen MR) is 91.1 cm³/mol. The zero-order valence-electron chi connectivity index (χ0n) is 13.9. The molecule has 134 valence electrons. The molecular weight excluding hydrogens is 325 g/mol. The van der Waals surface area contributed by atoms with Crippen LogP contribution in [0.5, 0.6) is 0 Å². The van der Waals surface area contributed by atoms with E-state index in [1.807, 2.05) is 0 Å². The second kappa shape index (κ2) is 7.65. The molecule has 3 rings (SSSR count). The van der Waals surface area contributed by atoms with Crippen LogP contribution >= 0.6 is 0 Å². The van der Waals surface area contributed by atoms with Crippen LogP contribution in [0.1, 0.15) is 24.8 Å². The molecule has 0 spiro atoms. The molecule has 1 aromatic carbocycles. The van der Waals surface area contributed by atoms with Gasteiger partial charge in [0.05, 0.1) is 13.2 Å². The van der Waals surface area contributed by atoms with E-state index in [1.54, 1.807) is 17.0 Å². The SMILES string of the molecule is NC(=O)C1CN(C(=O)NC2CC=C(c3ccc(F)cc3)CC2)CCO1. The van der Waals surface area contributed by atoms with Crippen molar-refractivity contribution in [2.24, 2.45) is 5.73 Å². The van der Waals surface area contributed by atoms with Crippen molar-refractivity contribution in [1.82, 2.24) is 10.2 Å². The summed E-state index contributed by atoms with van der Waals surface area (Å²) in [5, 5.41) is 3.00. The van der Waals surface area contributed by atoms with Crippen LogP contribution < -0.4 is 11.1 Å². The van der Waals surface area contributed by atoms with E-state index in [0.717, 1.165) is 24.8 Å². The first-order valence-electron chi connectivity index (χ1n) is 8.44. The molecule has 1 saturated heterocycles. The maximum absolute atomic E-state index is 13.0. The van der Waals surface area contributed by atoms with Gasteiger partial charge in [-0.2, -0.15) is 0 Å². The number of urea groups is 1. The third-order valence-corrected chi connectivity index (χ3v) is 4.62. The van der Waals surface area contributed by atoms with Gasteiger partial charge in [0, 0.05) is 12.6 Å². The van der Waals surface area contributed by atoms with Gasteiger partial charge in [-0.1, -0.05) is 18.2 Å². The molecule has 2 unspecified atom stereocenters. The number of hydrogen-bond donors (Lipinski definition) is 2. The van der Waals surface area contributed by atoms with Crippen molar-refractivity contribution in [3.05, 3.63) is 41.7 Å². The number of nitrogens with two attached hydrogens (primary N) is 1. The first kappa shape index (κ1) is 17.4. The Balaban J connectivity index is 1.53. The smallest absolute Gasteiger partial charge is 0.317 e. The molecule has 6 nitrogen and oxygen atoms in total. The minimum atomic E-state index is -0.740. The van der Waals surface area contributed by atoms with E-state index in [1.165, 1.54) is 17.7 Å². The number of nitrogens with zero attached hydrogens (tertiary/aromatic N) is 1. The van der Waals surface area contributed by atoms with Crippen LogP contribution in [-0.4, -0.2) is 48.7 Å². The number of benzene rings is 1. The summed E-state index contributed by atoms with van der Waals surface area (Å²) in [6, 6.07) is 6.31. The molecule has 2 aliphatic rings.